The zero-order valence-corrected chi connectivity index (χ0v) is 11.8. The van der Waals surface area contributed by atoms with Gasteiger partial charge in [-0.2, -0.15) is 4.31 Å². The van der Waals surface area contributed by atoms with Crippen molar-refractivity contribution in [1.82, 2.24) is 4.31 Å². The van der Waals surface area contributed by atoms with Crippen molar-refractivity contribution in [3.8, 4) is 0 Å². The van der Waals surface area contributed by atoms with Crippen LogP contribution in [0.15, 0.2) is 29.2 Å². The van der Waals surface area contributed by atoms with Crippen molar-refractivity contribution in [3.05, 3.63) is 34.4 Å². The van der Waals surface area contributed by atoms with Gasteiger partial charge in [0.25, 0.3) is 5.69 Å². The Morgan fingerprint density at radius 3 is 2.35 bits per heavy atom. The highest BCUT2D eigenvalue weighted by Gasteiger charge is 2.46. The largest absolute Gasteiger partial charge is 0.387 e. The molecule has 0 saturated carbocycles. The van der Waals surface area contributed by atoms with E-state index >= 15 is 0 Å². The third-order valence-electron chi connectivity index (χ3n) is 3.34. The van der Waals surface area contributed by atoms with Gasteiger partial charge in [-0.3, -0.25) is 10.1 Å². The van der Waals surface area contributed by atoms with Crippen LogP contribution in [0.4, 0.5) is 5.69 Å². The Morgan fingerprint density at radius 1 is 1.35 bits per heavy atom. The maximum Gasteiger partial charge on any atom is 0.269 e. The molecule has 0 aliphatic carbocycles. The van der Waals surface area contributed by atoms with E-state index in [1.54, 1.807) is 0 Å². The van der Waals surface area contributed by atoms with Crippen LogP contribution in [0.1, 0.15) is 19.8 Å². The van der Waals surface area contributed by atoms with Crippen molar-refractivity contribution in [2.24, 2.45) is 0 Å². The molecule has 1 heterocycles. The van der Waals surface area contributed by atoms with Crippen LogP contribution in [0.2, 0.25) is 0 Å². The number of hydrogen-bond acceptors (Lipinski definition) is 5. The molecule has 1 aliphatic rings. The van der Waals surface area contributed by atoms with Crippen LogP contribution in [-0.2, 0) is 10.0 Å². The molecule has 1 N–H and O–H groups in total. The number of hydrogen-bond donors (Lipinski definition) is 1. The molecule has 0 aromatic heterocycles. The van der Waals surface area contributed by atoms with Gasteiger partial charge in [0.1, 0.15) is 0 Å². The van der Waals surface area contributed by atoms with Crippen molar-refractivity contribution in [2.75, 3.05) is 13.1 Å². The number of sulfonamides is 1. The summed E-state index contributed by atoms with van der Waals surface area (Å²) in [5.41, 5.74) is -1.10. The first-order valence-electron chi connectivity index (χ1n) is 6.25. The fourth-order valence-corrected chi connectivity index (χ4v) is 3.89. The quantitative estimate of drug-likeness (QED) is 0.649. The minimum Gasteiger partial charge on any atom is -0.387 e. The van der Waals surface area contributed by atoms with Crippen LogP contribution in [0.5, 0.6) is 0 Å². The van der Waals surface area contributed by atoms with Gasteiger partial charge in [0, 0.05) is 25.2 Å². The minimum absolute atomic E-state index is 0.00153. The number of nitro benzene ring substituents is 1. The maximum absolute atomic E-state index is 12.2. The molecule has 8 heteroatoms. The van der Waals surface area contributed by atoms with Crippen LogP contribution in [0.25, 0.3) is 0 Å². The summed E-state index contributed by atoms with van der Waals surface area (Å²) in [5, 5.41) is 20.5. The SMILES string of the molecule is CCCC1(O)CN(S(=O)(=O)c2ccc([N+](=O)[O-])cc2)C1. The Kier molecular flexibility index (Phi) is 3.81. The molecule has 1 fully saturated rings. The summed E-state index contributed by atoms with van der Waals surface area (Å²) in [6.45, 7) is 2.06. The Bertz CT molecular complexity index is 605. The van der Waals surface area contributed by atoms with Crippen molar-refractivity contribution in [2.45, 2.75) is 30.3 Å². The second-order valence-corrected chi connectivity index (χ2v) is 6.94. The number of aliphatic hydroxyl groups is 1. The molecular weight excluding hydrogens is 284 g/mol. The van der Waals surface area contributed by atoms with Crippen LogP contribution >= 0.6 is 0 Å². The van der Waals surface area contributed by atoms with Gasteiger partial charge in [0.2, 0.25) is 10.0 Å². The molecule has 0 spiro atoms. The van der Waals surface area contributed by atoms with Gasteiger partial charge in [-0.05, 0) is 18.6 Å². The Hall–Kier alpha value is -1.51. The van der Waals surface area contributed by atoms with Crippen molar-refractivity contribution < 1.29 is 18.4 Å². The van der Waals surface area contributed by atoms with Gasteiger partial charge in [-0.25, -0.2) is 8.42 Å². The summed E-state index contributed by atoms with van der Waals surface area (Å²) in [4.78, 5) is 9.95. The van der Waals surface area contributed by atoms with Gasteiger partial charge >= 0.3 is 0 Å². The third-order valence-corrected chi connectivity index (χ3v) is 5.15. The monoisotopic (exact) mass is 300 g/mol. The van der Waals surface area contributed by atoms with E-state index in [2.05, 4.69) is 0 Å². The number of benzene rings is 1. The first kappa shape index (κ1) is 14.9. The standard InChI is InChI=1S/C12H16N2O5S/c1-2-7-12(15)8-13(9-12)20(18,19)11-5-3-10(4-6-11)14(16)17/h3-6,15H,2,7-9H2,1H3. The van der Waals surface area contributed by atoms with Gasteiger partial charge in [-0.1, -0.05) is 13.3 Å². The van der Waals surface area contributed by atoms with E-state index in [0.717, 1.165) is 18.6 Å². The molecule has 0 atom stereocenters. The summed E-state index contributed by atoms with van der Waals surface area (Å²) < 4.78 is 25.6. The van der Waals surface area contributed by atoms with Crippen LogP contribution < -0.4 is 0 Å². The average molecular weight is 300 g/mol. The van der Waals surface area contributed by atoms with E-state index in [-0.39, 0.29) is 23.7 Å². The highest BCUT2D eigenvalue weighted by Crippen LogP contribution is 2.31. The van der Waals surface area contributed by atoms with E-state index in [4.69, 9.17) is 0 Å². The maximum atomic E-state index is 12.2. The summed E-state index contributed by atoms with van der Waals surface area (Å²) >= 11 is 0. The zero-order chi connectivity index (χ0) is 15.0. The number of rotatable bonds is 5. The van der Waals surface area contributed by atoms with Gasteiger partial charge in [0.05, 0.1) is 15.4 Å². The summed E-state index contributed by atoms with van der Waals surface area (Å²) in [6, 6.07) is 4.74. The molecule has 1 saturated heterocycles. The summed E-state index contributed by atoms with van der Waals surface area (Å²) in [6.07, 6.45) is 1.33. The molecule has 20 heavy (non-hydrogen) atoms. The predicted octanol–water partition coefficient (Wildman–Crippen LogP) is 1.13. The Balaban J connectivity index is 2.14. The average Bonchev–Trinajstić information content (AvgIpc) is 2.36. The number of non-ortho nitro benzene ring substituents is 1. The molecule has 0 radical (unpaired) electrons. The predicted molar refractivity (Wildman–Crippen MR) is 71.7 cm³/mol. The minimum atomic E-state index is -3.68. The second kappa shape index (κ2) is 5.12. The number of nitro groups is 1. The molecular formula is C12H16N2O5S. The molecule has 0 unspecified atom stereocenters. The number of β-amino-alcohol motifs (C(OH)–C–C–N with tert-alkyl or cyclic N) is 1. The molecule has 7 nitrogen and oxygen atoms in total. The second-order valence-electron chi connectivity index (χ2n) is 5.00. The molecule has 1 aromatic carbocycles. The first-order valence-corrected chi connectivity index (χ1v) is 7.69. The lowest BCUT2D eigenvalue weighted by atomic mass is 9.92. The molecule has 1 aromatic rings. The molecule has 2 rings (SSSR count). The van der Waals surface area contributed by atoms with Crippen LogP contribution in [0, 0.1) is 10.1 Å². The van der Waals surface area contributed by atoms with Crippen molar-refractivity contribution in [1.29, 1.82) is 0 Å². The van der Waals surface area contributed by atoms with Crippen LogP contribution in [0.3, 0.4) is 0 Å². The Labute approximate surface area is 117 Å². The van der Waals surface area contributed by atoms with Gasteiger partial charge in [0.15, 0.2) is 0 Å². The van der Waals surface area contributed by atoms with Gasteiger partial charge < -0.3 is 5.11 Å². The summed E-state index contributed by atoms with van der Waals surface area (Å²) in [5.74, 6) is 0. The smallest absolute Gasteiger partial charge is 0.269 e. The normalized spacial score (nSPS) is 18.5. The molecule has 1 aliphatic heterocycles. The topological polar surface area (TPSA) is 101 Å². The lowest BCUT2D eigenvalue weighted by molar-refractivity contribution is -0.384. The molecule has 0 amide bonds. The van der Waals surface area contributed by atoms with E-state index in [0.29, 0.717) is 6.42 Å². The van der Waals surface area contributed by atoms with Crippen LogP contribution in [-0.4, -0.2) is 41.4 Å². The zero-order valence-electron chi connectivity index (χ0n) is 11.0. The highest BCUT2D eigenvalue weighted by atomic mass is 32.2. The van der Waals surface area contributed by atoms with Crippen molar-refractivity contribution >= 4 is 15.7 Å². The lowest BCUT2D eigenvalue weighted by Crippen LogP contribution is -2.63. The fraction of sp³-hybridized carbons (Fsp3) is 0.500. The van der Waals surface area contributed by atoms with E-state index in [9.17, 15) is 23.6 Å². The number of nitrogens with zero attached hydrogens (tertiary/aromatic N) is 2. The van der Waals surface area contributed by atoms with Gasteiger partial charge in [-0.15, -0.1) is 0 Å². The molecule has 110 valence electrons. The lowest BCUT2D eigenvalue weighted by Gasteiger charge is -2.45. The first-order chi connectivity index (χ1) is 9.28. The summed E-state index contributed by atoms with van der Waals surface area (Å²) in [7, 11) is -3.68. The fourth-order valence-electron chi connectivity index (χ4n) is 2.29. The highest BCUT2D eigenvalue weighted by molar-refractivity contribution is 7.89. The van der Waals surface area contributed by atoms with E-state index < -0.39 is 20.5 Å². The third kappa shape index (κ3) is 2.67. The van der Waals surface area contributed by atoms with E-state index in [1.165, 1.54) is 16.4 Å². The van der Waals surface area contributed by atoms with E-state index in [1.807, 2.05) is 6.92 Å². The Morgan fingerprint density at radius 2 is 1.90 bits per heavy atom. The molecule has 0 bridgehead atoms. The van der Waals surface area contributed by atoms with Crippen molar-refractivity contribution in [3.63, 3.8) is 0 Å².